The molecule has 1 fully saturated rings. The van der Waals surface area contributed by atoms with Gasteiger partial charge in [0, 0.05) is 17.2 Å². The molecule has 2 aliphatic rings. The third kappa shape index (κ3) is 1.71. The van der Waals surface area contributed by atoms with Crippen molar-refractivity contribution in [2.75, 3.05) is 13.2 Å². The van der Waals surface area contributed by atoms with Gasteiger partial charge in [-0.3, -0.25) is 9.36 Å². The predicted molar refractivity (Wildman–Crippen MR) is 60.1 cm³/mol. The molecule has 1 aromatic heterocycles. The van der Waals surface area contributed by atoms with E-state index in [4.69, 9.17) is 15.0 Å². The van der Waals surface area contributed by atoms with Gasteiger partial charge in [0.15, 0.2) is 0 Å². The summed E-state index contributed by atoms with van der Waals surface area (Å²) in [6, 6.07) is 1.63. The molecular weight excluding hydrogens is 238 g/mol. The van der Waals surface area contributed by atoms with Crippen molar-refractivity contribution >= 4 is 0 Å². The second-order valence-electron chi connectivity index (χ2n) is 4.43. The lowest BCUT2D eigenvalue weighted by atomic mass is 10.0. The normalized spacial score (nSPS) is 28.8. The zero-order valence-corrected chi connectivity index (χ0v) is 9.52. The summed E-state index contributed by atoms with van der Waals surface area (Å²) in [5.74, 6) is 0. The first-order valence-corrected chi connectivity index (χ1v) is 5.63. The highest BCUT2D eigenvalue weighted by atomic mass is 16.6. The van der Waals surface area contributed by atoms with E-state index in [1.807, 2.05) is 0 Å². The average Bonchev–Trinajstić information content (AvgIpc) is 2.71. The van der Waals surface area contributed by atoms with Crippen molar-refractivity contribution in [1.29, 1.82) is 0 Å². The van der Waals surface area contributed by atoms with E-state index in [1.54, 1.807) is 10.8 Å². The molecule has 8 nitrogen and oxygen atoms in total. The Morgan fingerprint density at radius 2 is 2.61 bits per heavy atom. The van der Waals surface area contributed by atoms with Crippen molar-refractivity contribution in [1.82, 2.24) is 9.55 Å². The second kappa shape index (κ2) is 4.01. The topological polar surface area (TPSA) is 102 Å². The van der Waals surface area contributed by atoms with Crippen LogP contribution >= 0.6 is 0 Å². The van der Waals surface area contributed by atoms with E-state index in [0.717, 1.165) is 12.8 Å². The van der Waals surface area contributed by atoms with Crippen molar-refractivity contribution in [2.24, 2.45) is 5.11 Å². The molecule has 0 spiro atoms. The van der Waals surface area contributed by atoms with Gasteiger partial charge >= 0.3 is 6.01 Å². The Balaban J connectivity index is 1.96. The maximum Gasteiger partial charge on any atom is 0.301 e. The van der Waals surface area contributed by atoms with Crippen LogP contribution in [-0.4, -0.2) is 28.3 Å². The largest absolute Gasteiger partial charge is 0.461 e. The Bertz CT molecular complexity index is 579. The van der Waals surface area contributed by atoms with Crippen molar-refractivity contribution in [3.05, 3.63) is 33.1 Å². The third-order valence-electron chi connectivity index (χ3n) is 3.23. The number of nitrogens with zero attached hydrogens (tertiary/aromatic N) is 5. The molecule has 0 aromatic carbocycles. The second-order valence-corrected chi connectivity index (χ2v) is 4.43. The Labute approximate surface area is 102 Å². The zero-order chi connectivity index (χ0) is 12.6. The Hall–Kier alpha value is -2.05. The standard InChI is InChI=1S/C10H11N5O3/c11-14-12-5-10-3-1-8(18-10)15-4-2-7(16)13-9(15)17-6-10/h2,4,8H,1,3,5-6H2/t8-,10-/m1/s1. The van der Waals surface area contributed by atoms with E-state index in [1.165, 1.54) is 6.07 Å². The van der Waals surface area contributed by atoms with Crippen LogP contribution in [0.2, 0.25) is 0 Å². The van der Waals surface area contributed by atoms with Crippen LogP contribution in [0.25, 0.3) is 10.4 Å². The van der Waals surface area contributed by atoms with Crippen LogP contribution in [0.1, 0.15) is 19.1 Å². The number of hydrogen-bond acceptors (Lipinski definition) is 5. The van der Waals surface area contributed by atoms with Gasteiger partial charge in [-0.1, -0.05) is 5.11 Å². The van der Waals surface area contributed by atoms with E-state index in [-0.39, 0.29) is 30.9 Å². The van der Waals surface area contributed by atoms with Gasteiger partial charge in [0.2, 0.25) is 0 Å². The monoisotopic (exact) mass is 249 g/mol. The fourth-order valence-corrected chi connectivity index (χ4v) is 2.34. The SMILES string of the molecule is [N-]=[N+]=NC[C@@]12CC[C@@H](O1)n1ccc(=O)nc1OC2. The molecular formula is C10H11N5O3. The minimum Gasteiger partial charge on any atom is -0.461 e. The number of hydrogen-bond donors (Lipinski definition) is 0. The smallest absolute Gasteiger partial charge is 0.301 e. The van der Waals surface area contributed by atoms with Crippen LogP contribution in [0.3, 0.4) is 0 Å². The molecule has 1 aromatic rings. The molecule has 3 heterocycles. The minimum absolute atomic E-state index is 0.218. The summed E-state index contributed by atoms with van der Waals surface area (Å²) >= 11 is 0. The number of azide groups is 1. The van der Waals surface area contributed by atoms with Crippen LogP contribution in [0.4, 0.5) is 0 Å². The Morgan fingerprint density at radius 1 is 1.72 bits per heavy atom. The molecule has 1 saturated heterocycles. The van der Waals surface area contributed by atoms with Crippen molar-refractivity contribution in [3.8, 4) is 6.01 Å². The molecule has 0 unspecified atom stereocenters. The first kappa shape index (κ1) is 11.1. The predicted octanol–water partition coefficient (Wildman–Crippen LogP) is 0.994. The summed E-state index contributed by atoms with van der Waals surface area (Å²) in [4.78, 5) is 17.8. The molecule has 3 rings (SSSR count). The lowest BCUT2D eigenvalue weighted by Gasteiger charge is -2.24. The molecule has 0 amide bonds. The summed E-state index contributed by atoms with van der Waals surface area (Å²) < 4.78 is 13.1. The lowest BCUT2D eigenvalue weighted by molar-refractivity contribution is -0.0683. The van der Waals surface area contributed by atoms with Crippen molar-refractivity contribution < 1.29 is 9.47 Å². The Morgan fingerprint density at radius 3 is 3.44 bits per heavy atom. The highest BCUT2D eigenvalue weighted by Gasteiger charge is 2.44. The van der Waals surface area contributed by atoms with Crippen LogP contribution in [0, 0.1) is 0 Å². The summed E-state index contributed by atoms with van der Waals surface area (Å²) in [6.07, 6.45) is 2.93. The molecule has 2 aliphatic heterocycles. The highest BCUT2D eigenvalue weighted by Crippen LogP contribution is 2.40. The quantitative estimate of drug-likeness (QED) is 0.443. The first-order valence-electron chi connectivity index (χ1n) is 5.63. The van der Waals surface area contributed by atoms with Gasteiger partial charge in [-0.05, 0) is 18.4 Å². The maximum absolute atomic E-state index is 11.2. The molecule has 8 heteroatoms. The van der Waals surface area contributed by atoms with Crippen molar-refractivity contribution in [2.45, 2.75) is 24.7 Å². The molecule has 0 saturated carbocycles. The summed E-state index contributed by atoms with van der Waals surface area (Å²) in [6.45, 7) is 0.456. The van der Waals surface area contributed by atoms with Gasteiger partial charge in [-0.15, -0.1) is 0 Å². The molecule has 2 bridgehead atoms. The van der Waals surface area contributed by atoms with E-state index < -0.39 is 5.60 Å². The molecule has 2 atom stereocenters. The highest BCUT2D eigenvalue weighted by molar-refractivity contribution is 5.06. The fourth-order valence-electron chi connectivity index (χ4n) is 2.34. The van der Waals surface area contributed by atoms with Gasteiger partial charge in [-0.25, -0.2) is 0 Å². The van der Waals surface area contributed by atoms with Crippen LogP contribution in [0.15, 0.2) is 22.2 Å². The molecule has 0 radical (unpaired) electrons. The van der Waals surface area contributed by atoms with Gasteiger partial charge in [0.25, 0.3) is 5.56 Å². The van der Waals surface area contributed by atoms with Gasteiger partial charge in [-0.2, -0.15) is 4.98 Å². The van der Waals surface area contributed by atoms with Gasteiger partial charge in [0.05, 0.1) is 6.54 Å². The zero-order valence-electron chi connectivity index (χ0n) is 9.52. The first-order chi connectivity index (χ1) is 8.72. The summed E-state index contributed by atoms with van der Waals surface area (Å²) in [7, 11) is 0. The molecule has 18 heavy (non-hydrogen) atoms. The summed E-state index contributed by atoms with van der Waals surface area (Å²) in [5, 5.41) is 3.57. The number of aromatic nitrogens is 2. The molecule has 0 aliphatic carbocycles. The minimum atomic E-state index is -0.604. The summed E-state index contributed by atoms with van der Waals surface area (Å²) in [5.41, 5.74) is 7.46. The van der Waals surface area contributed by atoms with Gasteiger partial charge in [0.1, 0.15) is 18.4 Å². The fraction of sp³-hybridized carbons (Fsp3) is 0.600. The number of ether oxygens (including phenoxy) is 2. The van der Waals surface area contributed by atoms with Crippen LogP contribution in [0.5, 0.6) is 6.01 Å². The number of fused-ring (bicyclic) bond motifs is 4. The van der Waals surface area contributed by atoms with Crippen LogP contribution < -0.4 is 10.3 Å². The van der Waals surface area contributed by atoms with E-state index in [0.29, 0.717) is 0 Å². The maximum atomic E-state index is 11.2. The number of rotatable bonds is 2. The van der Waals surface area contributed by atoms with E-state index in [9.17, 15) is 4.79 Å². The average molecular weight is 249 g/mol. The van der Waals surface area contributed by atoms with E-state index in [2.05, 4.69) is 15.0 Å². The van der Waals surface area contributed by atoms with Crippen LogP contribution in [-0.2, 0) is 4.74 Å². The Kier molecular flexibility index (Phi) is 2.46. The third-order valence-corrected chi connectivity index (χ3v) is 3.23. The van der Waals surface area contributed by atoms with Crippen molar-refractivity contribution in [3.63, 3.8) is 0 Å². The molecule has 94 valence electrons. The van der Waals surface area contributed by atoms with Gasteiger partial charge < -0.3 is 9.47 Å². The lowest BCUT2D eigenvalue weighted by Crippen LogP contribution is -2.37. The molecule has 0 N–H and O–H groups in total. The van der Waals surface area contributed by atoms with E-state index >= 15 is 0 Å².